The van der Waals surface area contributed by atoms with Gasteiger partial charge in [0.15, 0.2) is 6.61 Å². The van der Waals surface area contributed by atoms with Crippen LogP contribution < -0.4 is 5.32 Å². The lowest BCUT2D eigenvalue weighted by Gasteiger charge is -2.06. The number of amides is 1. The molecule has 0 radical (unpaired) electrons. The molecule has 1 amide bonds. The van der Waals surface area contributed by atoms with Crippen LogP contribution in [0.3, 0.4) is 0 Å². The van der Waals surface area contributed by atoms with Crippen molar-refractivity contribution in [2.75, 3.05) is 11.9 Å². The molecule has 0 bridgehead atoms. The molecule has 0 aliphatic heterocycles. The van der Waals surface area contributed by atoms with Crippen LogP contribution in [0.15, 0.2) is 48.7 Å². The third-order valence-corrected chi connectivity index (χ3v) is 3.21. The van der Waals surface area contributed by atoms with E-state index in [1.54, 1.807) is 0 Å². The molecule has 0 aliphatic carbocycles. The molecule has 0 fully saturated rings. The van der Waals surface area contributed by atoms with Gasteiger partial charge >= 0.3 is 12.1 Å². The number of carbonyl (C=O) groups excluding carboxylic acids is 2. The summed E-state index contributed by atoms with van der Waals surface area (Å²) in [5.74, 6) is -1.17. The summed E-state index contributed by atoms with van der Waals surface area (Å²) in [6.07, 6.45) is -0.791. The Labute approximate surface area is 151 Å². The molecule has 0 saturated heterocycles. The van der Waals surface area contributed by atoms with Crippen LogP contribution >= 0.6 is 11.6 Å². The van der Waals surface area contributed by atoms with Gasteiger partial charge < -0.3 is 10.1 Å². The minimum Gasteiger partial charge on any atom is -0.452 e. The van der Waals surface area contributed by atoms with Gasteiger partial charge in [-0.25, -0.2) is 9.78 Å². The van der Waals surface area contributed by atoms with Gasteiger partial charge in [0.05, 0.1) is 10.6 Å². The Morgan fingerprint density at radius 3 is 2.42 bits per heavy atom. The van der Waals surface area contributed by atoms with Crippen LogP contribution in [0.4, 0.5) is 19.0 Å². The highest BCUT2D eigenvalue weighted by Crippen LogP contribution is 2.29. The summed E-state index contributed by atoms with van der Waals surface area (Å²) in [4.78, 5) is 27.0. The number of pyridine rings is 1. The van der Waals surface area contributed by atoms with E-state index in [4.69, 9.17) is 16.3 Å². The lowest BCUT2D eigenvalue weighted by atomic mass is 10.1. The Morgan fingerprint density at radius 1 is 1.15 bits per heavy atom. The molecule has 136 valence electrons. The van der Waals surface area contributed by atoms with E-state index < -0.39 is 30.2 Å². The van der Waals surface area contributed by atoms with Gasteiger partial charge in [0, 0.05) is 12.3 Å². The van der Waals surface area contributed by atoms with Gasteiger partial charge in [-0.05, 0) is 35.9 Å². The fraction of sp³-hybridized carbons (Fsp3) is 0.118. The van der Waals surface area contributed by atoms with E-state index in [1.165, 1.54) is 36.5 Å². The second-order valence-electron chi connectivity index (χ2n) is 4.97. The van der Waals surface area contributed by atoms with Crippen molar-refractivity contribution in [2.24, 2.45) is 0 Å². The highest BCUT2D eigenvalue weighted by atomic mass is 35.5. The van der Waals surface area contributed by atoms with Crippen LogP contribution in [0.5, 0.6) is 0 Å². The number of nitrogens with zero attached hydrogens (tertiary/aromatic N) is 1. The first-order valence-electron chi connectivity index (χ1n) is 7.17. The fourth-order valence-corrected chi connectivity index (χ4v) is 1.87. The van der Waals surface area contributed by atoms with Gasteiger partial charge in [-0.15, -0.1) is 0 Å². The van der Waals surface area contributed by atoms with Crippen LogP contribution in [0.2, 0.25) is 5.02 Å². The Morgan fingerprint density at radius 2 is 1.85 bits per heavy atom. The second-order valence-corrected chi connectivity index (χ2v) is 5.41. The second kappa shape index (κ2) is 8.48. The Bertz CT molecular complexity index is 803. The van der Waals surface area contributed by atoms with Crippen molar-refractivity contribution >= 4 is 35.4 Å². The van der Waals surface area contributed by atoms with Crippen molar-refractivity contribution in [1.82, 2.24) is 4.98 Å². The molecule has 0 atom stereocenters. The van der Waals surface area contributed by atoms with Gasteiger partial charge in [-0.3, -0.25) is 4.79 Å². The first-order chi connectivity index (χ1) is 12.2. The standard InChI is InChI=1S/C17H12ClF3N2O3/c18-13-6-7-14(22-9-13)23-15(24)10-26-16(25)8-3-11-1-4-12(5-2-11)17(19,20)21/h1-9H,10H2,(H,22,23,24)/b8-3+. The number of hydrogen-bond donors (Lipinski definition) is 1. The van der Waals surface area contributed by atoms with E-state index in [9.17, 15) is 22.8 Å². The van der Waals surface area contributed by atoms with Crippen molar-refractivity contribution < 1.29 is 27.5 Å². The molecule has 5 nitrogen and oxygen atoms in total. The highest BCUT2D eigenvalue weighted by molar-refractivity contribution is 6.30. The van der Waals surface area contributed by atoms with E-state index in [0.717, 1.165) is 18.2 Å². The van der Waals surface area contributed by atoms with Crippen molar-refractivity contribution in [3.8, 4) is 0 Å². The first-order valence-corrected chi connectivity index (χ1v) is 7.55. The van der Waals surface area contributed by atoms with Crippen LogP contribution in [0.25, 0.3) is 6.08 Å². The number of ether oxygens (including phenoxy) is 1. The predicted octanol–water partition coefficient (Wildman–Crippen LogP) is 3.95. The third-order valence-electron chi connectivity index (χ3n) is 2.99. The minimum absolute atomic E-state index is 0.246. The van der Waals surface area contributed by atoms with E-state index in [2.05, 4.69) is 10.3 Å². The first kappa shape index (κ1) is 19.5. The smallest absolute Gasteiger partial charge is 0.416 e. The largest absolute Gasteiger partial charge is 0.452 e. The number of alkyl halides is 3. The van der Waals surface area contributed by atoms with Crippen LogP contribution in [0.1, 0.15) is 11.1 Å². The van der Waals surface area contributed by atoms with Crippen LogP contribution in [-0.2, 0) is 20.5 Å². The Kier molecular flexibility index (Phi) is 6.35. The zero-order chi connectivity index (χ0) is 19.2. The molecule has 0 saturated carbocycles. The number of aromatic nitrogens is 1. The Balaban J connectivity index is 1.81. The number of hydrogen-bond acceptors (Lipinski definition) is 4. The van der Waals surface area contributed by atoms with Crippen molar-refractivity contribution in [3.05, 3.63) is 64.8 Å². The van der Waals surface area contributed by atoms with Crippen LogP contribution in [0, 0.1) is 0 Å². The SMILES string of the molecule is O=C(COC(=O)/C=C/c1ccc(C(F)(F)F)cc1)Nc1ccc(Cl)cn1. The van der Waals surface area contributed by atoms with Crippen LogP contribution in [-0.4, -0.2) is 23.5 Å². The maximum atomic E-state index is 12.4. The van der Waals surface area contributed by atoms with Crippen molar-refractivity contribution in [3.63, 3.8) is 0 Å². The molecule has 2 rings (SSSR count). The summed E-state index contributed by atoms with van der Waals surface area (Å²) in [6.45, 7) is -0.541. The summed E-state index contributed by atoms with van der Waals surface area (Å²) < 4.78 is 42.1. The molecule has 2 aromatic rings. The third kappa shape index (κ3) is 6.21. The molecule has 9 heteroatoms. The quantitative estimate of drug-likeness (QED) is 0.626. The molecule has 1 N–H and O–H groups in total. The normalized spacial score (nSPS) is 11.4. The van der Waals surface area contributed by atoms with Gasteiger partial charge in [0.25, 0.3) is 5.91 Å². The molecule has 26 heavy (non-hydrogen) atoms. The molecule has 0 aliphatic rings. The molecule has 1 aromatic heterocycles. The maximum absolute atomic E-state index is 12.4. The number of anilines is 1. The van der Waals surface area contributed by atoms with Crippen molar-refractivity contribution in [1.29, 1.82) is 0 Å². The lowest BCUT2D eigenvalue weighted by molar-refractivity contribution is -0.142. The van der Waals surface area contributed by atoms with E-state index in [1.807, 2.05) is 0 Å². The van der Waals surface area contributed by atoms with E-state index in [-0.39, 0.29) is 5.82 Å². The minimum atomic E-state index is -4.42. The van der Waals surface area contributed by atoms with Gasteiger partial charge in [-0.2, -0.15) is 13.2 Å². The average molecular weight is 385 g/mol. The van der Waals surface area contributed by atoms with Crippen molar-refractivity contribution in [2.45, 2.75) is 6.18 Å². The molecular formula is C17H12ClF3N2O3. The summed E-state index contributed by atoms with van der Waals surface area (Å²) in [5, 5.41) is 2.81. The molecule has 1 heterocycles. The van der Waals surface area contributed by atoms with Gasteiger partial charge in [0.2, 0.25) is 0 Å². The number of halogens is 4. The zero-order valence-electron chi connectivity index (χ0n) is 13.1. The number of esters is 1. The molecular weight excluding hydrogens is 373 g/mol. The fourth-order valence-electron chi connectivity index (χ4n) is 1.76. The topological polar surface area (TPSA) is 68.3 Å². The van der Waals surface area contributed by atoms with Gasteiger partial charge in [-0.1, -0.05) is 23.7 Å². The predicted molar refractivity (Wildman–Crippen MR) is 89.3 cm³/mol. The molecule has 0 spiro atoms. The number of carbonyl (C=O) groups is 2. The molecule has 0 unspecified atom stereocenters. The zero-order valence-corrected chi connectivity index (χ0v) is 13.8. The van der Waals surface area contributed by atoms with E-state index in [0.29, 0.717) is 10.6 Å². The summed E-state index contributed by atoms with van der Waals surface area (Å²) in [6, 6.07) is 7.24. The average Bonchev–Trinajstić information content (AvgIpc) is 2.60. The summed E-state index contributed by atoms with van der Waals surface area (Å²) >= 11 is 5.66. The van der Waals surface area contributed by atoms with Gasteiger partial charge in [0.1, 0.15) is 5.82 Å². The number of nitrogens with one attached hydrogen (secondary N) is 1. The summed E-state index contributed by atoms with van der Waals surface area (Å²) in [7, 11) is 0. The van der Waals surface area contributed by atoms with E-state index >= 15 is 0 Å². The lowest BCUT2D eigenvalue weighted by Crippen LogP contribution is -2.20. The monoisotopic (exact) mass is 384 g/mol. The maximum Gasteiger partial charge on any atom is 0.416 e. The molecule has 1 aromatic carbocycles. The number of rotatable bonds is 5. The number of benzene rings is 1. The highest BCUT2D eigenvalue weighted by Gasteiger charge is 2.29. The summed E-state index contributed by atoms with van der Waals surface area (Å²) in [5.41, 5.74) is -0.408. The Hall–Kier alpha value is -2.87.